The molecule has 1 N–H and O–H groups in total. The van der Waals surface area contributed by atoms with E-state index in [0.29, 0.717) is 0 Å². The molecule has 0 atom stereocenters. The number of benzene rings is 2. The average Bonchev–Trinajstić information content (AvgIpc) is 3.13. The quantitative estimate of drug-likeness (QED) is 0.431. The van der Waals surface area contributed by atoms with E-state index < -0.39 is 7.64 Å². The molecular weight excluding hydrogens is 244 g/mol. The van der Waals surface area contributed by atoms with Crippen molar-refractivity contribution in [3.05, 3.63) is 60.7 Å². The molecule has 0 saturated carbocycles. The third kappa shape index (κ3) is 2.33. The van der Waals surface area contributed by atoms with Crippen molar-refractivity contribution in [2.45, 2.75) is 0 Å². The Morgan fingerprint density at radius 2 is 1.19 bits per heavy atom. The van der Waals surface area contributed by atoms with Gasteiger partial charge in [0.25, 0.3) is 0 Å². The van der Waals surface area contributed by atoms with Crippen LogP contribution in [-0.4, -0.2) is 0 Å². The molecule has 2 aromatic carbocycles. The van der Waals surface area contributed by atoms with Gasteiger partial charge in [-0.1, -0.05) is 41.0 Å². The van der Waals surface area contributed by atoms with Crippen LogP contribution in [0.1, 0.15) is 1.43 Å². The predicted octanol–water partition coefficient (Wildman–Crippen LogP) is -0.864. The summed E-state index contributed by atoms with van der Waals surface area (Å²) in [5.41, 5.74) is 0. The van der Waals surface area contributed by atoms with E-state index in [1.807, 2.05) is 36.4 Å². The first-order valence-electron chi connectivity index (χ1n) is 4.88. The van der Waals surface area contributed by atoms with E-state index in [9.17, 15) is 0 Å². The smallest absolute Gasteiger partial charge is 1.00 e. The minimum atomic E-state index is -1.65. The second kappa shape index (κ2) is 5.38. The average molecular weight is 256 g/mol. The standard InChI is InChI=1S/C12H11NOP.K.H/c1-3-7-11(8-4-1)15(13-14-15)12-9-5-2-6-10-12;;/h1-10,13H;;/q2*+1;-1. The summed E-state index contributed by atoms with van der Waals surface area (Å²) in [6.07, 6.45) is 0. The first-order valence-corrected chi connectivity index (χ1v) is 6.59. The van der Waals surface area contributed by atoms with Gasteiger partial charge in [0.2, 0.25) is 0 Å². The molecule has 4 heteroatoms. The van der Waals surface area contributed by atoms with Crippen molar-refractivity contribution < 1.29 is 57.4 Å². The van der Waals surface area contributed by atoms with E-state index in [1.54, 1.807) is 0 Å². The van der Waals surface area contributed by atoms with Gasteiger partial charge >= 0.3 is 59.0 Å². The molecule has 2 aromatic rings. The monoisotopic (exact) mass is 256 g/mol. The Morgan fingerprint density at radius 3 is 1.50 bits per heavy atom. The van der Waals surface area contributed by atoms with Crippen LogP contribution < -0.4 is 67.2 Å². The van der Waals surface area contributed by atoms with Crippen molar-refractivity contribution >= 4 is 18.2 Å². The maximum absolute atomic E-state index is 5.53. The fourth-order valence-corrected chi connectivity index (χ4v) is 3.91. The third-order valence-electron chi connectivity index (χ3n) is 2.51. The van der Waals surface area contributed by atoms with Crippen LogP contribution in [-0.2, 0) is 4.62 Å². The van der Waals surface area contributed by atoms with Gasteiger partial charge in [-0.2, -0.15) is 0 Å². The van der Waals surface area contributed by atoms with E-state index in [0.717, 1.165) is 0 Å². The number of hydrogen-bond donors (Lipinski definition) is 1. The zero-order valence-corrected chi connectivity index (χ0v) is 13.1. The molecule has 1 aliphatic heterocycles. The first-order chi connectivity index (χ1) is 7.42. The molecule has 1 aliphatic rings. The summed E-state index contributed by atoms with van der Waals surface area (Å²) in [6.45, 7) is 0. The van der Waals surface area contributed by atoms with Crippen molar-refractivity contribution in [1.29, 1.82) is 0 Å². The van der Waals surface area contributed by atoms with Crippen LogP contribution in [0, 0.1) is 0 Å². The first kappa shape index (κ1) is 12.9. The second-order valence-corrected chi connectivity index (χ2v) is 6.08. The van der Waals surface area contributed by atoms with Gasteiger partial charge in [0.05, 0.1) is 0 Å². The van der Waals surface area contributed by atoms with Crippen LogP contribution >= 0.6 is 7.64 Å². The minimum Gasteiger partial charge on any atom is -1.00 e. The summed E-state index contributed by atoms with van der Waals surface area (Å²) in [6, 6.07) is 20.7. The van der Waals surface area contributed by atoms with Crippen molar-refractivity contribution in [2.24, 2.45) is 0 Å². The molecule has 0 radical (unpaired) electrons. The van der Waals surface area contributed by atoms with E-state index >= 15 is 0 Å². The van der Waals surface area contributed by atoms with Gasteiger partial charge in [0.1, 0.15) is 0 Å². The fraction of sp³-hybridized carbons (Fsp3) is 0. The van der Waals surface area contributed by atoms with Gasteiger partial charge in [0.15, 0.2) is 10.6 Å². The Bertz CT molecular complexity index is 423. The van der Waals surface area contributed by atoms with Crippen LogP contribution in [0.3, 0.4) is 0 Å². The van der Waals surface area contributed by atoms with E-state index in [-0.39, 0.29) is 52.8 Å². The van der Waals surface area contributed by atoms with Crippen LogP contribution in [0.5, 0.6) is 0 Å². The SMILES string of the molecule is [H-].[K+].c1ccc([P+]2(c3ccccc3)NO2)cc1. The number of nitrogens with one attached hydrogen (secondary N) is 1. The zero-order chi connectivity index (χ0) is 10.1. The Morgan fingerprint density at radius 1 is 0.812 bits per heavy atom. The zero-order valence-electron chi connectivity index (χ0n) is 10.1. The normalized spacial score (nSPS) is 16.2. The van der Waals surface area contributed by atoms with Crippen molar-refractivity contribution in [1.82, 2.24) is 5.25 Å². The molecule has 1 saturated heterocycles. The van der Waals surface area contributed by atoms with Gasteiger partial charge < -0.3 is 1.43 Å². The molecule has 1 heterocycles. The van der Waals surface area contributed by atoms with Gasteiger partial charge in [0, 0.05) is 5.25 Å². The molecule has 0 aliphatic carbocycles. The number of hydrogen-bond acceptors (Lipinski definition) is 2. The van der Waals surface area contributed by atoms with Crippen molar-refractivity contribution in [2.75, 3.05) is 0 Å². The van der Waals surface area contributed by atoms with Crippen molar-refractivity contribution in [3.63, 3.8) is 0 Å². The summed E-state index contributed by atoms with van der Waals surface area (Å²) >= 11 is 0. The number of rotatable bonds is 2. The Labute approximate surface area is 140 Å². The van der Waals surface area contributed by atoms with E-state index in [4.69, 9.17) is 4.62 Å². The molecule has 0 amide bonds. The summed E-state index contributed by atoms with van der Waals surface area (Å²) < 4.78 is 5.53. The molecule has 76 valence electrons. The van der Waals surface area contributed by atoms with Gasteiger partial charge in [-0.25, -0.2) is 0 Å². The Kier molecular flexibility index (Phi) is 4.33. The van der Waals surface area contributed by atoms with Crippen LogP contribution in [0.15, 0.2) is 60.7 Å². The third-order valence-corrected chi connectivity index (χ3v) is 5.11. The molecule has 3 rings (SSSR count). The largest absolute Gasteiger partial charge is 1.00 e. The molecule has 1 fully saturated rings. The molecule has 2 nitrogen and oxygen atoms in total. The summed E-state index contributed by atoms with van der Waals surface area (Å²) in [4.78, 5) is 0. The van der Waals surface area contributed by atoms with Gasteiger partial charge in [-0.05, 0) is 24.3 Å². The second-order valence-electron chi connectivity index (χ2n) is 3.46. The fourth-order valence-electron chi connectivity index (χ4n) is 1.68. The summed E-state index contributed by atoms with van der Waals surface area (Å²) in [5, 5.41) is 5.58. The maximum atomic E-state index is 5.53. The topological polar surface area (TPSA) is 34.5 Å². The summed E-state index contributed by atoms with van der Waals surface area (Å²) in [7, 11) is -1.65. The van der Waals surface area contributed by atoms with Gasteiger partial charge in [-0.15, -0.1) is 0 Å². The van der Waals surface area contributed by atoms with Gasteiger partial charge in [-0.3, -0.25) is 0 Å². The van der Waals surface area contributed by atoms with Crippen molar-refractivity contribution in [3.8, 4) is 0 Å². The van der Waals surface area contributed by atoms with Crippen LogP contribution in [0.2, 0.25) is 0 Å². The van der Waals surface area contributed by atoms with E-state index in [2.05, 4.69) is 29.5 Å². The molecule has 0 spiro atoms. The molecule has 0 unspecified atom stereocenters. The van der Waals surface area contributed by atoms with Crippen LogP contribution in [0.4, 0.5) is 0 Å². The van der Waals surface area contributed by atoms with Crippen LogP contribution in [0.25, 0.3) is 0 Å². The molecular formula is C12H12KNOP+. The maximum Gasteiger partial charge on any atom is 1.00 e. The molecule has 0 aromatic heterocycles. The Hall–Kier alpha value is 0.426. The predicted molar refractivity (Wildman–Crippen MR) is 64.4 cm³/mol. The minimum absolute atomic E-state index is 0. The summed E-state index contributed by atoms with van der Waals surface area (Å²) in [5.74, 6) is 0. The molecule has 0 bridgehead atoms. The van der Waals surface area contributed by atoms with E-state index in [1.165, 1.54) is 10.6 Å². The molecule has 16 heavy (non-hydrogen) atoms. The Balaban J connectivity index is 0.000000722.